The van der Waals surface area contributed by atoms with E-state index in [1.165, 1.54) is 25.1 Å². The van der Waals surface area contributed by atoms with Gasteiger partial charge in [-0.1, -0.05) is 0 Å². The fourth-order valence-electron chi connectivity index (χ4n) is 2.97. The summed E-state index contributed by atoms with van der Waals surface area (Å²) in [5.41, 5.74) is 2.58. The SMILES string of the molecule is CNC(=O)c1cc(Oc2ccc3nc(NC4=C(C(=O)OC)SCC4)[nH]c3c2)ccn1. The number of anilines is 1. The first-order chi connectivity index (χ1) is 14.6. The number of methoxy groups -OCH3 is 1. The van der Waals surface area contributed by atoms with Crippen molar-refractivity contribution >= 4 is 40.6 Å². The lowest BCUT2D eigenvalue weighted by atomic mass is 10.3. The van der Waals surface area contributed by atoms with E-state index in [4.69, 9.17) is 9.47 Å². The molecular formula is C20H19N5O4S. The van der Waals surface area contributed by atoms with Crippen LogP contribution < -0.4 is 15.4 Å². The average molecular weight is 425 g/mol. The largest absolute Gasteiger partial charge is 0.465 e. The van der Waals surface area contributed by atoms with Gasteiger partial charge < -0.3 is 25.1 Å². The van der Waals surface area contributed by atoms with Crippen molar-refractivity contribution in [3.05, 3.63) is 52.8 Å². The maximum atomic E-state index is 11.9. The number of carbonyl (C=O) groups excluding carboxylic acids is 2. The predicted octanol–water partition coefficient (Wildman–Crippen LogP) is 3.04. The number of H-pyrrole nitrogens is 1. The van der Waals surface area contributed by atoms with E-state index >= 15 is 0 Å². The number of nitrogens with zero attached hydrogens (tertiary/aromatic N) is 2. The van der Waals surface area contributed by atoms with Crippen LogP contribution >= 0.6 is 11.8 Å². The summed E-state index contributed by atoms with van der Waals surface area (Å²) in [6.45, 7) is 0. The van der Waals surface area contributed by atoms with Crippen LogP contribution in [-0.4, -0.2) is 46.7 Å². The number of esters is 1. The van der Waals surface area contributed by atoms with Gasteiger partial charge in [0.2, 0.25) is 5.95 Å². The molecule has 10 heteroatoms. The second-order valence-electron chi connectivity index (χ2n) is 6.35. The standard InChI is InChI=1S/C20H19N5O4S/c1-21-18(26)16-10-12(5-7-22-16)29-11-3-4-13-15(9-11)25-20(23-13)24-14-6-8-30-17(14)19(27)28-2/h3-5,7,9-10H,6,8H2,1-2H3,(H,21,26)(H2,23,24,25). The summed E-state index contributed by atoms with van der Waals surface area (Å²) in [6, 6.07) is 8.67. The van der Waals surface area contributed by atoms with E-state index in [0.29, 0.717) is 22.4 Å². The van der Waals surface area contributed by atoms with E-state index in [9.17, 15) is 9.59 Å². The monoisotopic (exact) mass is 425 g/mol. The van der Waals surface area contributed by atoms with Gasteiger partial charge in [0.15, 0.2) is 0 Å². The average Bonchev–Trinajstić information content (AvgIpc) is 3.39. The molecule has 1 aliphatic heterocycles. The molecule has 1 aliphatic rings. The topological polar surface area (TPSA) is 118 Å². The van der Waals surface area contributed by atoms with Gasteiger partial charge in [-0.25, -0.2) is 9.78 Å². The summed E-state index contributed by atoms with van der Waals surface area (Å²) in [4.78, 5) is 35.9. The Morgan fingerprint density at radius 3 is 2.83 bits per heavy atom. The summed E-state index contributed by atoms with van der Waals surface area (Å²) in [5.74, 6) is 1.79. The Hall–Kier alpha value is -3.53. The fourth-order valence-corrected chi connectivity index (χ4v) is 4.01. The molecule has 1 aromatic carbocycles. The molecule has 0 atom stereocenters. The molecule has 2 aromatic heterocycles. The van der Waals surface area contributed by atoms with Crippen LogP contribution in [-0.2, 0) is 9.53 Å². The van der Waals surface area contributed by atoms with Crippen LogP contribution in [0, 0.1) is 0 Å². The summed E-state index contributed by atoms with van der Waals surface area (Å²) in [6.07, 6.45) is 2.25. The van der Waals surface area contributed by atoms with E-state index in [0.717, 1.165) is 28.9 Å². The molecule has 0 bridgehead atoms. The molecule has 0 saturated carbocycles. The third kappa shape index (κ3) is 4.08. The van der Waals surface area contributed by atoms with E-state index in [1.54, 1.807) is 25.2 Å². The number of aromatic amines is 1. The lowest BCUT2D eigenvalue weighted by Gasteiger charge is -2.06. The number of benzene rings is 1. The zero-order chi connectivity index (χ0) is 21.1. The zero-order valence-corrected chi connectivity index (χ0v) is 17.1. The third-order valence-corrected chi connectivity index (χ3v) is 5.50. The van der Waals surface area contributed by atoms with Crippen LogP contribution in [0.5, 0.6) is 11.5 Å². The number of imidazole rings is 1. The van der Waals surface area contributed by atoms with Crippen LogP contribution in [0.3, 0.4) is 0 Å². The lowest BCUT2D eigenvalue weighted by molar-refractivity contribution is -0.135. The van der Waals surface area contributed by atoms with Gasteiger partial charge in [0, 0.05) is 36.8 Å². The molecule has 1 amide bonds. The van der Waals surface area contributed by atoms with Crippen molar-refractivity contribution in [2.45, 2.75) is 6.42 Å². The molecule has 3 heterocycles. The van der Waals surface area contributed by atoms with Crippen LogP contribution in [0.4, 0.5) is 5.95 Å². The van der Waals surface area contributed by atoms with Gasteiger partial charge in [0.05, 0.1) is 18.1 Å². The highest BCUT2D eigenvalue weighted by molar-refractivity contribution is 8.04. The molecule has 0 aliphatic carbocycles. The number of allylic oxidation sites excluding steroid dienone is 1. The van der Waals surface area contributed by atoms with E-state index in [2.05, 4.69) is 25.6 Å². The second kappa shape index (κ2) is 8.46. The third-order valence-electron chi connectivity index (χ3n) is 4.39. The number of thioether (sulfide) groups is 1. The van der Waals surface area contributed by atoms with Crippen molar-refractivity contribution in [1.82, 2.24) is 20.3 Å². The Morgan fingerprint density at radius 1 is 1.20 bits per heavy atom. The number of fused-ring (bicyclic) bond motifs is 1. The predicted molar refractivity (Wildman–Crippen MR) is 114 cm³/mol. The summed E-state index contributed by atoms with van der Waals surface area (Å²) >= 11 is 1.47. The Labute approximate surface area is 176 Å². The molecular weight excluding hydrogens is 406 g/mol. The fraction of sp³-hybridized carbons (Fsp3) is 0.200. The molecule has 4 rings (SSSR count). The molecule has 30 heavy (non-hydrogen) atoms. The minimum absolute atomic E-state index is 0.272. The number of amides is 1. The molecule has 3 aromatic rings. The van der Waals surface area contributed by atoms with Gasteiger partial charge in [-0.05, 0) is 24.6 Å². The number of hydrogen-bond acceptors (Lipinski definition) is 8. The minimum atomic E-state index is -0.347. The lowest BCUT2D eigenvalue weighted by Crippen LogP contribution is -2.18. The maximum Gasteiger partial charge on any atom is 0.346 e. The van der Waals surface area contributed by atoms with Gasteiger partial charge in [-0.2, -0.15) is 0 Å². The number of carbonyl (C=O) groups is 2. The molecule has 0 saturated heterocycles. The smallest absolute Gasteiger partial charge is 0.346 e. The van der Waals surface area contributed by atoms with E-state index in [1.807, 2.05) is 12.1 Å². The Bertz CT molecular complexity index is 1160. The van der Waals surface area contributed by atoms with Crippen molar-refractivity contribution in [1.29, 1.82) is 0 Å². The normalized spacial score (nSPS) is 13.4. The minimum Gasteiger partial charge on any atom is -0.465 e. The first-order valence-corrected chi connectivity index (χ1v) is 10.1. The van der Waals surface area contributed by atoms with Gasteiger partial charge in [0.25, 0.3) is 5.91 Å². The summed E-state index contributed by atoms with van der Waals surface area (Å²) in [7, 11) is 2.92. The first-order valence-electron chi connectivity index (χ1n) is 9.14. The quantitative estimate of drug-likeness (QED) is 0.516. The summed E-state index contributed by atoms with van der Waals surface area (Å²) in [5, 5.41) is 5.72. The van der Waals surface area contributed by atoms with Gasteiger partial charge in [-0.3, -0.25) is 9.78 Å². The van der Waals surface area contributed by atoms with Crippen molar-refractivity contribution in [3.63, 3.8) is 0 Å². The highest BCUT2D eigenvalue weighted by Crippen LogP contribution is 2.33. The number of ether oxygens (including phenoxy) is 2. The number of aromatic nitrogens is 3. The Kier molecular flexibility index (Phi) is 5.57. The number of nitrogens with one attached hydrogen (secondary N) is 3. The highest BCUT2D eigenvalue weighted by atomic mass is 32.2. The van der Waals surface area contributed by atoms with Crippen molar-refractivity contribution in [3.8, 4) is 11.5 Å². The van der Waals surface area contributed by atoms with Gasteiger partial charge in [0.1, 0.15) is 22.1 Å². The first kappa shape index (κ1) is 19.8. The van der Waals surface area contributed by atoms with Crippen LogP contribution in [0.1, 0.15) is 16.9 Å². The molecule has 9 nitrogen and oxygen atoms in total. The van der Waals surface area contributed by atoms with Crippen molar-refractivity contribution < 1.29 is 19.1 Å². The number of pyridine rings is 1. The summed E-state index contributed by atoms with van der Waals surface area (Å²) < 4.78 is 10.7. The molecule has 154 valence electrons. The van der Waals surface area contributed by atoms with Crippen LogP contribution in [0.2, 0.25) is 0 Å². The zero-order valence-electron chi connectivity index (χ0n) is 16.3. The maximum absolute atomic E-state index is 11.9. The van der Waals surface area contributed by atoms with E-state index in [-0.39, 0.29) is 17.6 Å². The molecule has 0 fully saturated rings. The van der Waals surface area contributed by atoms with Crippen molar-refractivity contribution in [2.24, 2.45) is 0 Å². The highest BCUT2D eigenvalue weighted by Gasteiger charge is 2.23. The van der Waals surface area contributed by atoms with Crippen LogP contribution in [0.15, 0.2) is 47.1 Å². The van der Waals surface area contributed by atoms with Crippen molar-refractivity contribution in [2.75, 3.05) is 25.2 Å². The number of rotatable bonds is 6. The van der Waals surface area contributed by atoms with Gasteiger partial charge >= 0.3 is 5.97 Å². The molecule has 0 unspecified atom stereocenters. The van der Waals surface area contributed by atoms with Gasteiger partial charge in [-0.15, -0.1) is 11.8 Å². The molecule has 0 spiro atoms. The number of hydrogen-bond donors (Lipinski definition) is 3. The Balaban J connectivity index is 1.55. The second-order valence-corrected chi connectivity index (χ2v) is 7.45. The molecule has 3 N–H and O–H groups in total. The Morgan fingerprint density at radius 2 is 2.03 bits per heavy atom. The van der Waals surface area contributed by atoms with E-state index < -0.39 is 0 Å². The molecule has 0 radical (unpaired) electrons. The van der Waals surface area contributed by atoms with Crippen LogP contribution in [0.25, 0.3) is 11.0 Å².